The number of nitrogens with zero attached hydrogens (tertiary/aromatic N) is 5. The quantitative estimate of drug-likeness (QED) is 0.546. The lowest BCUT2D eigenvalue weighted by Crippen LogP contribution is -2.20. The van der Waals surface area contributed by atoms with Crippen molar-refractivity contribution < 1.29 is 4.92 Å². The van der Waals surface area contributed by atoms with Crippen LogP contribution < -0.4 is 4.90 Å². The summed E-state index contributed by atoms with van der Waals surface area (Å²) in [5.74, 6) is 0.488. The highest BCUT2D eigenvalue weighted by molar-refractivity contribution is 7.18. The molecule has 0 aliphatic rings. The number of fused-ring (bicyclic) bond motifs is 1. The fourth-order valence-electron chi connectivity index (χ4n) is 2.54. The second-order valence-electron chi connectivity index (χ2n) is 5.07. The fourth-order valence-corrected chi connectivity index (χ4v) is 3.56. The number of nitro groups is 1. The molecule has 0 atom stereocenters. The monoisotopic (exact) mass is 317 g/mol. The molecule has 0 radical (unpaired) electrons. The van der Waals surface area contributed by atoms with Crippen molar-refractivity contribution in [2.45, 2.75) is 13.5 Å². The number of thiazole rings is 1. The predicted molar refractivity (Wildman–Crippen MR) is 86.3 cm³/mol. The Labute approximate surface area is 131 Å². The summed E-state index contributed by atoms with van der Waals surface area (Å²) in [4.78, 5) is 17.3. The van der Waals surface area contributed by atoms with E-state index < -0.39 is 0 Å². The topological polar surface area (TPSA) is 77.1 Å². The average molecular weight is 317 g/mol. The van der Waals surface area contributed by atoms with Crippen molar-refractivity contribution in [3.05, 3.63) is 45.1 Å². The van der Waals surface area contributed by atoms with Crippen molar-refractivity contribution in [1.82, 2.24) is 14.8 Å². The number of hydrogen-bond acceptors (Lipinski definition) is 6. The van der Waals surface area contributed by atoms with Crippen molar-refractivity contribution in [3.8, 4) is 0 Å². The van der Waals surface area contributed by atoms with Gasteiger partial charge in [0.15, 0.2) is 0 Å². The van der Waals surface area contributed by atoms with Crippen LogP contribution in [0, 0.1) is 17.0 Å². The number of para-hydroxylation sites is 1. The first-order chi connectivity index (χ1) is 10.5. The second kappa shape index (κ2) is 5.38. The summed E-state index contributed by atoms with van der Waals surface area (Å²) in [6.07, 6.45) is 0. The van der Waals surface area contributed by atoms with E-state index in [4.69, 9.17) is 0 Å². The SMILES string of the molecule is Cc1nn(C)c(N(C)Cc2nc3ccccc3s2)c1[N+](=O)[O-]. The molecule has 0 unspecified atom stereocenters. The average Bonchev–Trinajstić information content (AvgIpc) is 2.98. The van der Waals surface area contributed by atoms with Crippen LogP contribution in [0.15, 0.2) is 24.3 Å². The first kappa shape index (κ1) is 14.5. The van der Waals surface area contributed by atoms with Crippen molar-refractivity contribution in [1.29, 1.82) is 0 Å². The third-order valence-corrected chi connectivity index (χ3v) is 4.44. The van der Waals surface area contributed by atoms with E-state index >= 15 is 0 Å². The van der Waals surface area contributed by atoms with E-state index in [1.807, 2.05) is 36.2 Å². The summed E-state index contributed by atoms with van der Waals surface area (Å²) < 4.78 is 2.66. The van der Waals surface area contributed by atoms with Crippen LogP contribution in [-0.2, 0) is 13.6 Å². The van der Waals surface area contributed by atoms with E-state index in [-0.39, 0.29) is 10.6 Å². The van der Waals surface area contributed by atoms with Gasteiger partial charge in [-0.05, 0) is 19.1 Å². The zero-order valence-corrected chi connectivity index (χ0v) is 13.3. The summed E-state index contributed by atoms with van der Waals surface area (Å²) in [6, 6.07) is 7.91. The van der Waals surface area contributed by atoms with Gasteiger partial charge in [0.1, 0.15) is 10.7 Å². The van der Waals surface area contributed by atoms with Crippen LogP contribution in [0.25, 0.3) is 10.2 Å². The van der Waals surface area contributed by atoms with Gasteiger partial charge in [-0.1, -0.05) is 12.1 Å². The summed E-state index contributed by atoms with van der Waals surface area (Å²) in [6.45, 7) is 2.15. The summed E-state index contributed by atoms with van der Waals surface area (Å²) in [7, 11) is 3.53. The van der Waals surface area contributed by atoms with Gasteiger partial charge in [0.2, 0.25) is 5.82 Å². The van der Waals surface area contributed by atoms with Crippen molar-refractivity contribution in [3.63, 3.8) is 0 Å². The van der Waals surface area contributed by atoms with Crippen LogP contribution in [0.1, 0.15) is 10.7 Å². The Balaban J connectivity index is 1.94. The van der Waals surface area contributed by atoms with Gasteiger partial charge in [-0.3, -0.25) is 10.1 Å². The van der Waals surface area contributed by atoms with Crippen molar-refractivity contribution in [2.24, 2.45) is 7.05 Å². The number of anilines is 1. The molecule has 0 saturated carbocycles. The molecule has 0 aliphatic heterocycles. The fraction of sp³-hybridized carbons (Fsp3) is 0.286. The Hall–Kier alpha value is -2.48. The van der Waals surface area contributed by atoms with Crippen molar-refractivity contribution >= 4 is 33.1 Å². The van der Waals surface area contributed by atoms with Crippen molar-refractivity contribution in [2.75, 3.05) is 11.9 Å². The highest BCUT2D eigenvalue weighted by Gasteiger charge is 2.27. The molecule has 3 aromatic rings. The highest BCUT2D eigenvalue weighted by atomic mass is 32.1. The maximum absolute atomic E-state index is 11.3. The Bertz CT molecular complexity index is 821. The molecule has 2 heterocycles. The molecule has 0 amide bonds. The number of aromatic nitrogens is 3. The molecule has 0 N–H and O–H groups in total. The molecule has 0 bridgehead atoms. The lowest BCUT2D eigenvalue weighted by molar-refractivity contribution is -0.384. The summed E-state index contributed by atoms with van der Waals surface area (Å²) in [5.41, 5.74) is 1.41. The van der Waals surface area contributed by atoms with Gasteiger partial charge >= 0.3 is 5.69 Å². The van der Waals surface area contributed by atoms with E-state index in [1.165, 1.54) is 0 Å². The number of aryl methyl sites for hydroxylation is 2. The first-order valence-corrected chi connectivity index (χ1v) is 7.52. The van der Waals surface area contributed by atoms with E-state index in [0.717, 1.165) is 15.2 Å². The molecule has 7 nitrogen and oxygen atoms in total. The molecule has 8 heteroatoms. The van der Waals surface area contributed by atoms with Gasteiger partial charge in [-0.25, -0.2) is 9.67 Å². The van der Waals surface area contributed by atoms with E-state index in [0.29, 0.717) is 18.1 Å². The first-order valence-electron chi connectivity index (χ1n) is 6.71. The lowest BCUT2D eigenvalue weighted by atomic mass is 10.3. The van der Waals surface area contributed by atoms with Gasteiger partial charge in [-0.15, -0.1) is 11.3 Å². The predicted octanol–water partition coefficient (Wildman–Crippen LogP) is 2.88. The zero-order chi connectivity index (χ0) is 15.9. The van der Waals surface area contributed by atoms with E-state index in [9.17, 15) is 10.1 Å². The molecule has 0 spiro atoms. The maximum Gasteiger partial charge on any atom is 0.333 e. The third kappa shape index (κ3) is 2.41. The van der Waals surface area contributed by atoms with Gasteiger partial charge in [-0.2, -0.15) is 5.10 Å². The smallest absolute Gasteiger partial charge is 0.333 e. The van der Waals surface area contributed by atoms with Gasteiger partial charge in [0.25, 0.3) is 0 Å². The molecule has 22 heavy (non-hydrogen) atoms. The van der Waals surface area contributed by atoms with Crippen LogP contribution in [0.5, 0.6) is 0 Å². The van der Waals surface area contributed by atoms with E-state index in [1.54, 1.807) is 30.0 Å². The lowest BCUT2D eigenvalue weighted by Gasteiger charge is -2.16. The van der Waals surface area contributed by atoms with Crippen LogP contribution in [0.2, 0.25) is 0 Å². The molecule has 114 valence electrons. The molecular weight excluding hydrogens is 302 g/mol. The van der Waals surface area contributed by atoms with Gasteiger partial charge in [0, 0.05) is 14.1 Å². The van der Waals surface area contributed by atoms with Crippen LogP contribution in [0.3, 0.4) is 0 Å². The zero-order valence-electron chi connectivity index (χ0n) is 12.5. The van der Waals surface area contributed by atoms with E-state index in [2.05, 4.69) is 10.1 Å². The number of hydrogen-bond donors (Lipinski definition) is 0. The molecular formula is C14H15N5O2S. The van der Waals surface area contributed by atoms with Crippen LogP contribution >= 0.6 is 11.3 Å². The molecule has 0 fully saturated rings. The molecule has 0 aliphatic carbocycles. The molecule has 2 aromatic heterocycles. The molecule has 0 saturated heterocycles. The molecule has 3 rings (SSSR count). The number of rotatable bonds is 4. The number of benzene rings is 1. The largest absolute Gasteiger partial charge is 0.347 e. The normalized spacial score (nSPS) is 11.0. The van der Waals surface area contributed by atoms with Gasteiger partial charge in [0.05, 0.1) is 21.7 Å². The molecule has 1 aromatic carbocycles. The summed E-state index contributed by atoms with van der Waals surface area (Å²) >= 11 is 1.59. The highest BCUT2D eigenvalue weighted by Crippen LogP contribution is 2.32. The Morgan fingerprint density at radius 1 is 1.41 bits per heavy atom. The third-order valence-electron chi connectivity index (χ3n) is 3.42. The Morgan fingerprint density at radius 3 is 2.82 bits per heavy atom. The summed E-state index contributed by atoms with van der Waals surface area (Å²) in [5, 5.41) is 16.3. The maximum atomic E-state index is 11.3. The van der Waals surface area contributed by atoms with Crippen LogP contribution in [-0.4, -0.2) is 26.7 Å². The second-order valence-corrected chi connectivity index (χ2v) is 6.18. The Kier molecular flexibility index (Phi) is 3.53. The Morgan fingerprint density at radius 2 is 2.14 bits per heavy atom. The minimum absolute atomic E-state index is 0.0473. The van der Waals surface area contributed by atoms with Crippen LogP contribution in [0.4, 0.5) is 11.5 Å². The van der Waals surface area contributed by atoms with Gasteiger partial charge < -0.3 is 4.90 Å². The standard InChI is InChI=1S/C14H15N5O2S/c1-9-13(19(20)21)14(18(3)16-9)17(2)8-12-15-10-6-4-5-7-11(10)22-12/h4-7H,8H2,1-3H3. The minimum Gasteiger partial charge on any atom is -0.347 e. The minimum atomic E-state index is -0.382.